The van der Waals surface area contributed by atoms with E-state index in [4.69, 9.17) is 9.47 Å². The lowest BCUT2D eigenvalue weighted by Crippen LogP contribution is -2.41. The highest BCUT2D eigenvalue weighted by Gasteiger charge is 2.39. The molecule has 0 unspecified atom stereocenters. The number of carbonyl (C=O) groups is 1. The van der Waals surface area contributed by atoms with E-state index in [1.807, 2.05) is 18.2 Å². The van der Waals surface area contributed by atoms with E-state index in [0.29, 0.717) is 6.42 Å². The Hall–Kier alpha value is -1.35. The van der Waals surface area contributed by atoms with E-state index in [9.17, 15) is 4.79 Å². The van der Waals surface area contributed by atoms with Gasteiger partial charge in [-0.05, 0) is 55.9 Å². The maximum Gasteiger partial charge on any atom is 0.165 e. The van der Waals surface area contributed by atoms with Crippen molar-refractivity contribution in [2.75, 3.05) is 13.7 Å². The predicted octanol–water partition coefficient (Wildman–Crippen LogP) is 3.15. The minimum absolute atomic E-state index is 0.190. The molecule has 3 heteroatoms. The number of ether oxygens (including phenoxy) is 2. The molecule has 102 valence electrons. The van der Waals surface area contributed by atoms with Gasteiger partial charge in [0.1, 0.15) is 5.75 Å². The molecule has 3 nitrogen and oxygen atoms in total. The van der Waals surface area contributed by atoms with Gasteiger partial charge in [-0.3, -0.25) is 4.79 Å². The molecule has 1 fully saturated rings. The molecule has 0 saturated heterocycles. The first kappa shape index (κ1) is 12.7. The number of hydrogen-bond acceptors (Lipinski definition) is 3. The summed E-state index contributed by atoms with van der Waals surface area (Å²) in [5.74, 6) is 1.13. The number of aryl methyl sites for hydroxylation is 1. The summed E-state index contributed by atoms with van der Waals surface area (Å²) in [5, 5.41) is 0. The van der Waals surface area contributed by atoms with Crippen molar-refractivity contribution >= 4 is 5.78 Å². The molecule has 0 N–H and O–H groups in total. The standard InChI is InChI=1S/C16H20O3/c1-18-16(7-3-8-16)11-14(17)12-5-6-15-13(10-12)4-2-9-19-15/h5-6,10H,2-4,7-9,11H2,1H3. The molecule has 1 aliphatic heterocycles. The fourth-order valence-electron chi connectivity index (χ4n) is 2.95. The highest BCUT2D eigenvalue weighted by atomic mass is 16.5. The first-order valence-electron chi connectivity index (χ1n) is 7.07. The molecule has 2 aliphatic rings. The zero-order valence-electron chi connectivity index (χ0n) is 11.4. The lowest BCUT2D eigenvalue weighted by Gasteiger charge is -2.40. The molecule has 1 heterocycles. The summed E-state index contributed by atoms with van der Waals surface area (Å²) >= 11 is 0. The number of ketones is 1. The lowest BCUT2D eigenvalue weighted by atomic mass is 9.75. The van der Waals surface area contributed by atoms with Crippen LogP contribution in [0.2, 0.25) is 0 Å². The van der Waals surface area contributed by atoms with Crippen LogP contribution in [0.5, 0.6) is 5.75 Å². The van der Waals surface area contributed by atoms with E-state index < -0.39 is 0 Å². The summed E-state index contributed by atoms with van der Waals surface area (Å²) in [6.07, 6.45) is 5.72. The van der Waals surface area contributed by atoms with Gasteiger partial charge in [0.15, 0.2) is 5.78 Å². The van der Waals surface area contributed by atoms with Crippen LogP contribution in [0.15, 0.2) is 18.2 Å². The van der Waals surface area contributed by atoms with Crippen LogP contribution < -0.4 is 4.74 Å². The van der Waals surface area contributed by atoms with Crippen molar-refractivity contribution in [3.05, 3.63) is 29.3 Å². The molecule has 1 aromatic rings. The van der Waals surface area contributed by atoms with Gasteiger partial charge in [0.25, 0.3) is 0 Å². The number of fused-ring (bicyclic) bond motifs is 1. The Bertz CT molecular complexity index is 483. The highest BCUT2D eigenvalue weighted by Crippen LogP contribution is 2.39. The van der Waals surface area contributed by atoms with Crippen LogP contribution in [0.3, 0.4) is 0 Å². The number of rotatable bonds is 4. The van der Waals surface area contributed by atoms with Gasteiger partial charge < -0.3 is 9.47 Å². The van der Waals surface area contributed by atoms with Gasteiger partial charge in [-0.2, -0.15) is 0 Å². The number of Topliss-reactive ketones (excluding diaryl/α,β-unsaturated/α-hetero) is 1. The third-order valence-electron chi connectivity index (χ3n) is 4.41. The highest BCUT2D eigenvalue weighted by molar-refractivity contribution is 5.97. The van der Waals surface area contributed by atoms with E-state index in [0.717, 1.165) is 49.2 Å². The fraction of sp³-hybridized carbons (Fsp3) is 0.562. The maximum absolute atomic E-state index is 12.4. The average molecular weight is 260 g/mol. The summed E-state index contributed by atoms with van der Waals surface area (Å²) in [7, 11) is 1.72. The fourth-order valence-corrected chi connectivity index (χ4v) is 2.95. The van der Waals surface area contributed by atoms with Crippen molar-refractivity contribution in [2.45, 2.75) is 44.1 Å². The van der Waals surface area contributed by atoms with Crippen LogP contribution in [-0.2, 0) is 11.2 Å². The molecule has 19 heavy (non-hydrogen) atoms. The summed E-state index contributed by atoms with van der Waals surface area (Å²) in [6.45, 7) is 0.785. The minimum Gasteiger partial charge on any atom is -0.493 e. The predicted molar refractivity (Wildman–Crippen MR) is 72.8 cm³/mol. The molecule has 0 bridgehead atoms. The zero-order chi connectivity index (χ0) is 13.3. The second-order valence-electron chi connectivity index (χ2n) is 5.62. The molecule has 0 aromatic heterocycles. The summed E-state index contributed by atoms with van der Waals surface area (Å²) in [6, 6.07) is 5.81. The van der Waals surface area contributed by atoms with Crippen LogP contribution in [0.25, 0.3) is 0 Å². The second kappa shape index (κ2) is 4.97. The monoisotopic (exact) mass is 260 g/mol. The van der Waals surface area contributed by atoms with E-state index in [1.165, 1.54) is 6.42 Å². The van der Waals surface area contributed by atoms with Crippen molar-refractivity contribution in [2.24, 2.45) is 0 Å². The minimum atomic E-state index is -0.191. The first-order chi connectivity index (χ1) is 9.22. The molecule has 0 atom stereocenters. The van der Waals surface area contributed by atoms with Crippen molar-refractivity contribution < 1.29 is 14.3 Å². The van der Waals surface area contributed by atoms with Crippen LogP contribution in [-0.4, -0.2) is 25.1 Å². The average Bonchev–Trinajstić information content (AvgIpc) is 2.42. The molecule has 0 amide bonds. The summed E-state index contributed by atoms with van der Waals surface area (Å²) in [5.41, 5.74) is 1.77. The SMILES string of the molecule is COC1(CC(=O)c2ccc3c(c2)CCCO3)CCC1. The molecule has 1 saturated carbocycles. The first-order valence-corrected chi connectivity index (χ1v) is 7.07. The van der Waals surface area contributed by atoms with Gasteiger partial charge in [0, 0.05) is 19.1 Å². The van der Waals surface area contributed by atoms with Gasteiger partial charge in [-0.1, -0.05) is 0 Å². The van der Waals surface area contributed by atoms with Gasteiger partial charge in [0.2, 0.25) is 0 Å². The third kappa shape index (κ3) is 2.39. The van der Waals surface area contributed by atoms with E-state index in [1.54, 1.807) is 7.11 Å². The van der Waals surface area contributed by atoms with Gasteiger partial charge >= 0.3 is 0 Å². The number of hydrogen-bond donors (Lipinski definition) is 0. The third-order valence-corrected chi connectivity index (χ3v) is 4.41. The molecule has 3 rings (SSSR count). The number of carbonyl (C=O) groups excluding carboxylic acids is 1. The summed E-state index contributed by atoms with van der Waals surface area (Å²) < 4.78 is 11.1. The number of benzene rings is 1. The second-order valence-corrected chi connectivity index (χ2v) is 5.62. The smallest absolute Gasteiger partial charge is 0.165 e. The van der Waals surface area contributed by atoms with Crippen LogP contribution in [0.1, 0.15) is 48.0 Å². The molecule has 0 radical (unpaired) electrons. The van der Waals surface area contributed by atoms with E-state index >= 15 is 0 Å². The van der Waals surface area contributed by atoms with Gasteiger partial charge in [0.05, 0.1) is 12.2 Å². The molecule has 1 aliphatic carbocycles. The van der Waals surface area contributed by atoms with Crippen LogP contribution >= 0.6 is 0 Å². The molecule has 1 aromatic carbocycles. The Kier molecular flexibility index (Phi) is 3.31. The lowest BCUT2D eigenvalue weighted by molar-refractivity contribution is -0.0704. The van der Waals surface area contributed by atoms with Crippen molar-refractivity contribution in [3.8, 4) is 5.75 Å². The Balaban J connectivity index is 1.76. The largest absolute Gasteiger partial charge is 0.493 e. The Morgan fingerprint density at radius 1 is 1.37 bits per heavy atom. The number of methoxy groups -OCH3 is 1. The van der Waals surface area contributed by atoms with Crippen molar-refractivity contribution in [1.29, 1.82) is 0 Å². The van der Waals surface area contributed by atoms with Crippen LogP contribution in [0.4, 0.5) is 0 Å². The zero-order valence-corrected chi connectivity index (χ0v) is 11.4. The van der Waals surface area contributed by atoms with Crippen molar-refractivity contribution in [3.63, 3.8) is 0 Å². The van der Waals surface area contributed by atoms with Crippen molar-refractivity contribution in [1.82, 2.24) is 0 Å². The maximum atomic E-state index is 12.4. The summed E-state index contributed by atoms with van der Waals surface area (Å²) in [4.78, 5) is 12.4. The van der Waals surface area contributed by atoms with E-state index in [-0.39, 0.29) is 11.4 Å². The van der Waals surface area contributed by atoms with Crippen LogP contribution in [0, 0.1) is 0 Å². The Labute approximate surface area is 113 Å². The molecular formula is C16H20O3. The quantitative estimate of drug-likeness (QED) is 0.780. The van der Waals surface area contributed by atoms with Gasteiger partial charge in [-0.25, -0.2) is 0 Å². The normalized spacial score (nSPS) is 20.1. The van der Waals surface area contributed by atoms with Gasteiger partial charge in [-0.15, -0.1) is 0 Å². The Morgan fingerprint density at radius 3 is 2.89 bits per heavy atom. The Morgan fingerprint density at radius 2 is 2.21 bits per heavy atom. The van der Waals surface area contributed by atoms with E-state index in [2.05, 4.69) is 0 Å². The molecular weight excluding hydrogens is 240 g/mol. The molecule has 0 spiro atoms. The topological polar surface area (TPSA) is 35.5 Å².